The van der Waals surface area contributed by atoms with Crippen LogP contribution in [0.5, 0.6) is 0 Å². The molecule has 0 saturated carbocycles. The quantitative estimate of drug-likeness (QED) is 0.157. The van der Waals surface area contributed by atoms with Crippen molar-refractivity contribution in [2.24, 2.45) is 0 Å². The lowest BCUT2D eigenvalue weighted by molar-refractivity contribution is 1.18. The predicted octanol–water partition coefficient (Wildman–Crippen LogP) is 13.1. The molecule has 6 aromatic carbocycles. The number of fused-ring (bicyclic) bond motifs is 4. The van der Waals surface area contributed by atoms with Gasteiger partial charge in [-0.15, -0.1) is 0 Å². The molecule has 0 atom stereocenters. The molecule has 8 heteroatoms. The largest absolute Gasteiger partial charge is 0.256 e. The van der Waals surface area contributed by atoms with E-state index in [9.17, 15) is 0 Å². The maximum atomic E-state index is 5.18. The third-order valence-corrected chi connectivity index (χ3v) is 11.7. The van der Waals surface area contributed by atoms with Crippen LogP contribution in [0.25, 0.3) is 123 Å². The highest BCUT2D eigenvalue weighted by Gasteiger charge is 2.18. The zero-order valence-electron chi connectivity index (χ0n) is 34.2. The summed E-state index contributed by atoms with van der Waals surface area (Å²) in [6.45, 7) is 0. The van der Waals surface area contributed by atoms with E-state index in [1.807, 2.05) is 85.5 Å². The smallest absolute Gasteiger partial charge is 0.162 e. The van der Waals surface area contributed by atoms with Crippen LogP contribution >= 0.6 is 0 Å². The topological polar surface area (TPSA) is 103 Å². The van der Waals surface area contributed by atoms with Crippen molar-refractivity contribution in [2.75, 3.05) is 0 Å². The van der Waals surface area contributed by atoms with Gasteiger partial charge < -0.3 is 0 Å². The van der Waals surface area contributed by atoms with Crippen LogP contribution in [0.2, 0.25) is 0 Å². The highest BCUT2D eigenvalue weighted by molar-refractivity contribution is 5.97. The number of hydrogen-bond acceptors (Lipinski definition) is 8. The first kappa shape index (κ1) is 36.9. The minimum Gasteiger partial charge on any atom is -0.256 e. The van der Waals surface area contributed by atoms with Crippen LogP contribution in [0.4, 0.5) is 0 Å². The Morgan fingerprint density at radius 2 is 0.516 bits per heavy atom. The molecule has 0 bridgehead atoms. The van der Waals surface area contributed by atoms with E-state index in [1.165, 1.54) is 0 Å². The number of aromatic nitrogens is 8. The van der Waals surface area contributed by atoms with Gasteiger partial charge in [0.25, 0.3) is 0 Å². The molecule has 0 amide bonds. The lowest BCUT2D eigenvalue weighted by Gasteiger charge is -2.13. The van der Waals surface area contributed by atoms with Gasteiger partial charge in [-0.05, 0) is 59.7 Å². The molecule has 0 aliphatic rings. The summed E-state index contributed by atoms with van der Waals surface area (Å²) in [5.41, 5.74) is 14.4. The normalized spacial score (nSPS) is 11.4. The monoisotopic (exact) mass is 818 g/mol. The summed E-state index contributed by atoms with van der Waals surface area (Å²) in [5, 5.41) is 4.16. The predicted molar refractivity (Wildman–Crippen MR) is 257 cm³/mol. The standard InChI is InChI=1S/C56H34N8/c1-9-39-13-5-29-57-51(39)43(17-1)49-33-47(61-55(63-49)45-19-3-11-41-15-7-31-59-53(41)45)37-25-21-35(22-26-37)36-23-27-38(28-24-36)48-34-50(44-18-2-10-40-14-6-30-58-52(40)44)64-56(62-48)46-20-4-12-42-16-8-32-60-54(42)46/h1-34H. The number of benzene rings is 6. The second kappa shape index (κ2) is 15.5. The van der Waals surface area contributed by atoms with Gasteiger partial charge in [0.1, 0.15) is 0 Å². The van der Waals surface area contributed by atoms with Crippen molar-refractivity contribution in [3.63, 3.8) is 0 Å². The Bertz CT molecular complexity index is 3270. The van der Waals surface area contributed by atoms with Gasteiger partial charge in [-0.25, -0.2) is 19.9 Å². The van der Waals surface area contributed by atoms with Gasteiger partial charge in [0.2, 0.25) is 0 Å². The third kappa shape index (κ3) is 6.67. The van der Waals surface area contributed by atoms with E-state index in [0.717, 1.165) is 111 Å². The molecule has 6 aromatic heterocycles. The van der Waals surface area contributed by atoms with Crippen molar-refractivity contribution >= 4 is 43.6 Å². The molecule has 12 rings (SSSR count). The minimum atomic E-state index is 0.605. The average molecular weight is 819 g/mol. The van der Waals surface area contributed by atoms with E-state index in [0.29, 0.717) is 11.6 Å². The van der Waals surface area contributed by atoms with Crippen LogP contribution in [0.15, 0.2) is 207 Å². The van der Waals surface area contributed by atoms with E-state index in [4.69, 9.17) is 39.9 Å². The molecule has 0 aliphatic carbocycles. The molecular weight excluding hydrogens is 785 g/mol. The van der Waals surface area contributed by atoms with Gasteiger partial charge >= 0.3 is 0 Å². The fourth-order valence-corrected chi connectivity index (χ4v) is 8.57. The molecular formula is C56H34N8. The number of rotatable bonds is 7. The lowest BCUT2D eigenvalue weighted by Crippen LogP contribution is -1.98. The summed E-state index contributed by atoms with van der Waals surface area (Å²) in [6, 6.07) is 61.9. The van der Waals surface area contributed by atoms with Crippen molar-refractivity contribution in [2.45, 2.75) is 0 Å². The molecule has 0 saturated heterocycles. The summed E-state index contributed by atoms with van der Waals surface area (Å²) < 4.78 is 0. The van der Waals surface area contributed by atoms with Crippen LogP contribution in [-0.2, 0) is 0 Å². The lowest BCUT2D eigenvalue weighted by atomic mass is 9.99. The summed E-state index contributed by atoms with van der Waals surface area (Å²) >= 11 is 0. The molecule has 0 aliphatic heterocycles. The third-order valence-electron chi connectivity index (χ3n) is 11.7. The first-order chi connectivity index (χ1) is 31.7. The van der Waals surface area contributed by atoms with Gasteiger partial charge in [-0.3, -0.25) is 19.9 Å². The van der Waals surface area contributed by atoms with Crippen molar-refractivity contribution in [1.82, 2.24) is 39.9 Å². The van der Waals surface area contributed by atoms with Crippen molar-refractivity contribution < 1.29 is 0 Å². The molecule has 12 aromatic rings. The van der Waals surface area contributed by atoms with Crippen LogP contribution in [0.1, 0.15) is 0 Å². The Balaban J connectivity index is 0.925. The van der Waals surface area contributed by atoms with Crippen LogP contribution < -0.4 is 0 Å². The molecule has 6 heterocycles. The average Bonchev–Trinajstić information content (AvgIpc) is 3.38. The number of hydrogen-bond donors (Lipinski definition) is 0. The van der Waals surface area contributed by atoms with E-state index < -0.39 is 0 Å². The van der Waals surface area contributed by atoms with Crippen molar-refractivity contribution in [3.8, 4) is 78.9 Å². The van der Waals surface area contributed by atoms with E-state index in [-0.39, 0.29) is 0 Å². The summed E-state index contributed by atoms with van der Waals surface area (Å²) in [7, 11) is 0. The van der Waals surface area contributed by atoms with E-state index >= 15 is 0 Å². The van der Waals surface area contributed by atoms with Crippen molar-refractivity contribution in [3.05, 3.63) is 207 Å². The zero-order valence-corrected chi connectivity index (χ0v) is 34.2. The summed E-state index contributed by atoms with van der Waals surface area (Å²) in [5.74, 6) is 1.21. The van der Waals surface area contributed by atoms with Crippen LogP contribution in [0, 0.1) is 0 Å². The maximum absolute atomic E-state index is 5.18. The van der Waals surface area contributed by atoms with Gasteiger partial charge in [0, 0.05) is 79.7 Å². The summed E-state index contributed by atoms with van der Waals surface area (Å²) in [4.78, 5) is 39.7. The van der Waals surface area contributed by atoms with Gasteiger partial charge in [-0.2, -0.15) is 0 Å². The van der Waals surface area contributed by atoms with E-state index in [1.54, 1.807) is 0 Å². The van der Waals surface area contributed by atoms with Crippen LogP contribution in [-0.4, -0.2) is 39.9 Å². The minimum absolute atomic E-state index is 0.605. The molecule has 0 N–H and O–H groups in total. The first-order valence-electron chi connectivity index (χ1n) is 21.1. The fourth-order valence-electron chi connectivity index (χ4n) is 8.57. The van der Waals surface area contributed by atoms with Crippen molar-refractivity contribution in [1.29, 1.82) is 0 Å². The Morgan fingerprint density at radius 3 is 0.875 bits per heavy atom. The molecule has 0 spiro atoms. The Kier molecular flexibility index (Phi) is 8.97. The number of pyridine rings is 4. The highest BCUT2D eigenvalue weighted by Crippen LogP contribution is 2.36. The molecule has 298 valence electrons. The van der Waals surface area contributed by atoms with Gasteiger partial charge in [0.15, 0.2) is 11.6 Å². The first-order valence-corrected chi connectivity index (χ1v) is 21.1. The van der Waals surface area contributed by atoms with Gasteiger partial charge in [-0.1, -0.05) is 133 Å². The number of para-hydroxylation sites is 4. The zero-order chi connectivity index (χ0) is 42.4. The Morgan fingerprint density at radius 1 is 0.234 bits per heavy atom. The fraction of sp³-hybridized carbons (Fsp3) is 0. The molecule has 8 nitrogen and oxygen atoms in total. The molecule has 0 fully saturated rings. The SMILES string of the molecule is c1cnc2c(-c3cc(-c4ccc(-c5ccc(-c6cc(-c7cccc8cccnc78)nc(-c7cccc8cccnc78)n6)cc5)cc4)nc(-c4cccc5cccnc45)n3)cccc2c1. The molecule has 64 heavy (non-hydrogen) atoms. The maximum Gasteiger partial charge on any atom is 0.162 e. The Labute approximate surface area is 367 Å². The summed E-state index contributed by atoms with van der Waals surface area (Å²) in [6.07, 6.45) is 7.27. The Hall–Kier alpha value is -8.88. The van der Waals surface area contributed by atoms with Gasteiger partial charge in [0.05, 0.1) is 44.8 Å². The molecule has 0 unspecified atom stereocenters. The molecule has 0 radical (unpaired) electrons. The van der Waals surface area contributed by atoms with Crippen LogP contribution in [0.3, 0.4) is 0 Å². The second-order valence-electron chi connectivity index (χ2n) is 15.6. The number of nitrogens with zero attached hydrogens (tertiary/aromatic N) is 8. The second-order valence-corrected chi connectivity index (χ2v) is 15.6. The highest BCUT2D eigenvalue weighted by atomic mass is 14.9. The van der Waals surface area contributed by atoms with E-state index in [2.05, 4.69) is 121 Å².